The van der Waals surface area contributed by atoms with Crippen molar-refractivity contribution in [2.75, 3.05) is 31.1 Å². The Hall–Kier alpha value is -3.81. The monoisotopic (exact) mass is 425 g/mol. The topological polar surface area (TPSA) is 80.0 Å². The molecule has 8 nitrogen and oxygen atoms in total. The Balaban J connectivity index is 1.23. The van der Waals surface area contributed by atoms with E-state index in [1.165, 1.54) is 4.80 Å². The largest absolute Gasteiger partial charge is 0.355 e. The molecule has 8 heteroatoms. The van der Waals surface area contributed by atoms with Crippen LogP contribution in [0.3, 0.4) is 0 Å². The van der Waals surface area contributed by atoms with Crippen LogP contribution in [0.5, 0.6) is 0 Å². The highest BCUT2D eigenvalue weighted by Crippen LogP contribution is 2.36. The molecule has 0 spiro atoms. The Morgan fingerprint density at radius 2 is 1.69 bits per heavy atom. The van der Waals surface area contributed by atoms with Crippen molar-refractivity contribution in [3.8, 4) is 5.69 Å². The zero-order chi connectivity index (χ0) is 21.7. The zero-order valence-corrected chi connectivity index (χ0v) is 17.8. The quantitative estimate of drug-likeness (QED) is 0.502. The van der Waals surface area contributed by atoms with Gasteiger partial charge < -0.3 is 9.80 Å². The van der Waals surface area contributed by atoms with Gasteiger partial charge in [0.15, 0.2) is 0 Å². The van der Waals surface area contributed by atoms with E-state index < -0.39 is 0 Å². The number of carbonyl (C=O) groups is 1. The lowest BCUT2D eigenvalue weighted by molar-refractivity contribution is 0.0782. The van der Waals surface area contributed by atoms with Crippen molar-refractivity contribution >= 4 is 22.6 Å². The number of carbonyl (C=O) groups excluding carboxylic acids is 1. The number of aromatic nitrogens is 5. The number of rotatable bonds is 3. The number of fused-ring (bicyclic) bond motifs is 2. The average Bonchev–Trinajstić information content (AvgIpc) is 3.55. The second-order valence-corrected chi connectivity index (χ2v) is 8.69. The molecule has 160 valence electrons. The lowest BCUT2D eigenvalue weighted by Crippen LogP contribution is -2.34. The van der Waals surface area contributed by atoms with Crippen LogP contribution in [0.4, 0.5) is 5.82 Å². The summed E-state index contributed by atoms with van der Waals surface area (Å²) in [5.74, 6) is 1.91. The molecule has 6 rings (SSSR count). The van der Waals surface area contributed by atoms with Crippen LogP contribution >= 0.6 is 0 Å². The molecule has 2 fully saturated rings. The molecule has 0 aliphatic carbocycles. The summed E-state index contributed by atoms with van der Waals surface area (Å²) in [6.45, 7) is 5.30. The van der Waals surface area contributed by atoms with Gasteiger partial charge in [-0.2, -0.15) is 15.0 Å². The fourth-order valence-corrected chi connectivity index (χ4v) is 5.08. The summed E-state index contributed by atoms with van der Waals surface area (Å²) in [6, 6.07) is 14.0. The smallest absolute Gasteiger partial charge is 0.256 e. The van der Waals surface area contributed by atoms with Gasteiger partial charge in [0.2, 0.25) is 0 Å². The first-order valence-corrected chi connectivity index (χ1v) is 10.9. The predicted molar refractivity (Wildman–Crippen MR) is 121 cm³/mol. The molecule has 2 aromatic heterocycles. The molecule has 2 atom stereocenters. The SMILES string of the molecule is Cc1ccc(-n2nccn2)c(C(=O)N2C[C@@H]3CN(c4ncnc5ccccc45)C[C@@H]3C2)c1. The maximum Gasteiger partial charge on any atom is 0.256 e. The first-order valence-electron chi connectivity index (χ1n) is 10.9. The summed E-state index contributed by atoms with van der Waals surface area (Å²) in [5.41, 5.74) is 3.38. The third-order valence-electron chi connectivity index (χ3n) is 6.61. The van der Waals surface area contributed by atoms with Gasteiger partial charge in [0.25, 0.3) is 5.91 Å². The second kappa shape index (κ2) is 7.40. The van der Waals surface area contributed by atoms with Crippen LogP contribution in [0, 0.1) is 18.8 Å². The van der Waals surface area contributed by atoms with Crippen LogP contribution in [-0.4, -0.2) is 61.9 Å². The van der Waals surface area contributed by atoms with Gasteiger partial charge in [0.1, 0.15) is 12.1 Å². The summed E-state index contributed by atoms with van der Waals surface area (Å²) in [4.78, 5) is 28.3. The van der Waals surface area contributed by atoms with Crippen LogP contribution in [-0.2, 0) is 0 Å². The van der Waals surface area contributed by atoms with Gasteiger partial charge in [-0.3, -0.25) is 4.79 Å². The molecule has 2 aliphatic heterocycles. The van der Waals surface area contributed by atoms with Gasteiger partial charge in [-0.15, -0.1) is 0 Å². The molecular formula is C24H23N7O. The Kier molecular flexibility index (Phi) is 4.38. The van der Waals surface area contributed by atoms with Gasteiger partial charge in [-0.1, -0.05) is 23.8 Å². The normalized spacial score (nSPS) is 20.2. The van der Waals surface area contributed by atoms with E-state index in [2.05, 4.69) is 31.1 Å². The van der Waals surface area contributed by atoms with Crippen LogP contribution in [0.1, 0.15) is 15.9 Å². The molecule has 0 bridgehead atoms. The molecule has 4 heterocycles. The fourth-order valence-electron chi connectivity index (χ4n) is 5.08. The maximum atomic E-state index is 13.5. The van der Waals surface area contributed by atoms with E-state index in [1.54, 1.807) is 18.7 Å². The van der Waals surface area contributed by atoms with Gasteiger partial charge >= 0.3 is 0 Å². The molecule has 0 N–H and O–H groups in total. The van der Waals surface area contributed by atoms with Crippen LogP contribution < -0.4 is 4.90 Å². The molecule has 0 saturated carbocycles. The fraction of sp³-hybridized carbons (Fsp3) is 0.292. The van der Waals surface area contributed by atoms with Gasteiger partial charge in [0, 0.05) is 43.4 Å². The predicted octanol–water partition coefficient (Wildman–Crippen LogP) is 2.73. The molecule has 0 radical (unpaired) electrons. The molecule has 2 aliphatic rings. The number of anilines is 1. The van der Waals surface area contributed by atoms with Gasteiger partial charge in [0.05, 0.1) is 29.2 Å². The number of hydrogen-bond donors (Lipinski definition) is 0. The molecule has 4 aromatic rings. The highest BCUT2D eigenvalue weighted by molar-refractivity contribution is 5.98. The second-order valence-electron chi connectivity index (χ2n) is 8.69. The van der Waals surface area contributed by atoms with E-state index in [1.807, 2.05) is 48.2 Å². The van der Waals surface area contributed by atoms with E-state index in [4.69, 9.17) is 0 Å². The van der Waals surface area contributed by atoms with E-state index >= 15 is 0 Å². The van der Waals surface area contributed by atoms with E-state index in [0.29, 0.717) is 17.4 Å². The van der Waals surface area contributed by atoms with Crippen molar-refractivity contribution in [3.05, 3.63) is 72.3 Å². The van der Waals surface area contributed by atoms with Crippen molar-refractivity contribution in [2.24, 2.45) is 11.8 Å². The number of amides is 1. The van der Waals surface area contributed by atoms with Crippen LogP contribution in [0.15, 0.2) is 61.2 Å². The number of para-hydroxylation sites is 1. The molecule has 0 unspecified atom stereocenters. The summed E-state index contributed by atoms with van der Waals surface area (Å²) < 4.78 is 0. The van der Waals surface area contributed by atoms with Crippen molar-refractivity contribution in [3.63, 3.8) is 0 Å². The van der Waals surface area contributed by atoms with Crippen LogP contribution in [0.2, 0.25) is 0 Å². The number of likely N-dealkylation sites (tertiary alicyclic amines) is 1. The molecular weight excluding hydrogens is 402 g/mol. The highest BCUT2D eigenvalue weighted by Gasteiger charge is 2.42. The Labute approximate surface area is 185 Å². The van der Waals surface area contributed by atoms with Crippen molar-refractivity contribution < 1.29 is 4.79 Å². The summed E-state index contributed by atoms with van der Waals surface area (Å²) in [5, 5.41) is 9.54. The lowest BCUT2D eigenvalue weighted by atomic mass is 10.0. The minimum Gasteiger partial charge on any atom is -0.355 e. The minimum atomic E-state index is 0.0504. The first-order chi connectivity index (χ1) is 15.7. The molecule has 1 amide bonds. The van der Waals surface area contributed by atoms with E-state index in [0.717, 1.165) is 54.2 Å². The Morgan fingerprint density at radius 3 is 2.47 bits per heavy atom. The van der Waals surface area contributed by atoms with Gasteiger partial charge in [-0.25, -0.2) is 9.97 Å². The number of aryl methyl sites for hydroxylation is 1. The highest BCUT2D eigenvalue weighted by atomic mass is 16.2. The van der Waals surface area contributed by atoms with Crippen molar-refractivity contribution in [2.45, 2.75) is 6.92 Å². The molecule has 2 aromatic carbocycles. The van der Waals surface area contributed by atoms with Crippen LogP contribution in [0.25, 0.3) is 16.6 Å². The third kappa shape index (κ3) is 3.10. The molecule has 2 saturated heterocycles. The van der Waals surface area contributed by atoms with E-state index in [-0.39, 0.29) is 5.91 Å². The standard InChI is InChI=1S/C24H23N7O/c1-16-6-7-22(31-27-8-9-28-31)20(10-16)24(32)30-13-17-11-29(12-18(17)14-30)23-19-4-2-3-5-21(19)25-15-26-23/h2-10,15,17-18H,11-14H2,1H3/t17-,18+. The number of benzene rings is 2. The summed E-state index contributed by atoms with van der Waals surface area (Å²) in [6.07, 6.45) is 4.89. The number of nitrogens with zero attached hydrogens (tertiary/aromatic N) is 7. The lowest BCUT2D eigenvalue weighted by Gasteiger charge is -2.24. The summed E-state index contributed by atoms with van der Waals surface area (Å²) in [7, 11) is 0. The van der Waals surface area contributed by atoms with Crippen molar-refractivity contribution in [1.82, 2.24) is 29.9 Å². The van der Waals surface area contributed by atoms with Crippen molar-refractivity contribution in [1.29, 1.82) is 0 Å². The Bertz CT molecular complexity index is 1280. The summed E-state index contributed by atoms with van der Waals surface area (Å²) >= 11 is 0. The maximum absolute atomic E-state index is 13.5. The minimum absolute atomic E-state index is 0.0504. The Morgan fingerprint density at radius 1 is 0.938 bits per heavy atom. The van der Waals surface area contributed by atoms with E-state index in [9.17, 15) is 4.79 Å². The zero-order valence-electron chi connectivity index (χ0n) is 17.8. The first kappa shape index (κ1) is 18.9. The van der Waals surface area contributed by atoms with Gasteiger partial charge in [-0.05, 0) is 31.2 Å². The molecule has 32 heavy (non-hydrogen) atoms. The number of hydrogen-bond acceptors (Lipinski definition) is 6. The third-order valence-corrected chi connectivity index (χ3v) is 6.61. The average molecular weight is 425 g/mol.